The summed E-state index contributed by atoms with van der Waals surface area (Å²) < 4.78 is 26.1. The zero-order valence-corrected chi connectivity index (χ0v) is 18.4. The number of halogens is 1. The van der Waals surface area contributed by atoms with Crippen molar-refractivity contribution in [3.63, 3.8) is 0 Å². The lowest BCUT2D eigenvalue weighted by molar-refractivity contribution is 0.404. The van der Waals surface area contributed by atoms with Crippen molar-refractivity contribution in [2.45, 2.75) is 26.7 Å². The minimum absolute atomic E-state index is 0.290. The normalized spacial score (nSPS) is 12.1. The molecule has 5 nitrogen and oxygen atoms in total. The van der Waals surface area contributed by atoms with Crippen LogP contribution in [0.3, 0.4) is 0 Å². The van der Waals surface area contributed by atoms with Crippen LogP contribution in [-0.4, -0.2) is 25.1 Å². The van der Waals surface area contributed by atoms with Crippen molar-refractivity contribution >= 4 is 23.2 Å². The van der Waals surface area contributed by atoms with Crippen LogP contribution in [-0.2, 0) is 0 Å². The molecule has 0 N–H and O–H groups in total. The van der Waals surface area contributed by atoms with Gasteiger partial charge >= 0.3 is 0 Å². The standard InChI is InChI=1S/C23H26FN3O2S/c1-5-16(6-2)14-25-27-21(20-13-19(28-3)11-12-22(20)29-4)15-30-23(27)26-18-9-7-17(24)8-10-18/h7-16H,5-6H2,1-4H3/b25-14+,26-23?. The van der Waals surface area contributed by atoms with Gasteiger partial charge in [0.1, 0.15) is 17.3 Å². The first-order valence-corrected chi connectivity index (χ1v) is 10.7. The molecule has 0 saturated heterocycles. The molecular formula is C23H26FN3O2S. The summed E-state index contributed by atoms with van der Waals surface area (Å²) in [6.07, 6.45) is 3.98. The summed E-state index contributed by atoms with van der Waals surface area (Å²) in [6.45, 7) is 4.29. The van der Waals surface area contributed by atoms with Crippen LogP contribution in [0.15, 0.2) is 57.9 Å². The van der Waals surface area contributed by atoms with E-state index in [4.69, 9.17) is 14.6 Å². The van der Waals surface area contributed by atoms with E-state index >= 15 is 0 Å². The maximum absolute atomic E-state index is 13.3. The van der Waals surface area contributed by atoms with Crippen molar-refractivity contribution in [3.05, 3.63) is 58.5 Å². The van der Waals surface area contributed by atoms with Crippen molar-refractivity contribution in [2.24, 2.45) is 16.0 Å². The lowest BCUT2D eigenvalue weighted by Crippen LogP contribution is -2.13. The van der Waals surface area contributed by atoms with Crippen LogP contribution in [0.25, 0.3) is 11.3 Å². The predicted molar refractivity (Wildman–Crippen MR) is 120 cm³/mol. The Morgan fingerprint density at radius 3 is 2.43 bits per heavy atom. The number of thiazole rings is 1. The Labute approximate surface area is 180 Å². The Bertz CT molecular complexity index is 1070. The van der Waals surface area contributed by atoms with Gasteiger partial charge in [0.2, 0.25) is 4.80 Å². The smallest absolute Gasteiger partial charge is 0.211 e. The van der Waals surface area contributed by atoms with E-state index < -0.39 is 0 Å². The molecule has 0 amide bonds. The van der Waals surface area contributed by atoms with E-state index in [-0.39, 0.29) is 5.82 Å². The van der Waals surface area contributed by atoms with Crippen molar-refractivity contribution in [3.8, 4) is 22.8 Å². The fourth-order valence-corrected chi connectivity index (χ4v) is 3.82. The molecule has 0 atom stereocenters. The molecule has 1 aromatic heterocycles. The third-order valence-electron chi connectivity index (χ3n) is 4.86. The number of aromatic nitrogens is 1. The second-order valence-corrected chi connectivity index (χ2v) is 7.55. The molecule has 0 radical (unpaired) electrons. The number of benzene rings is 2. The first-order valence-electron chi connectivity index (χ1n) is 9.87. The Morgan fingerprint density at radius 2 is 1.80 bits per heavy atom. The molecular weight excluding hydrogens is 401 g/mol. The van der Waals surface area contributed by atoms with Crippen LogP contribution in [0.5, 0.6) is 11.5 Å². The van der Waals surface area contributed by atoms with Gasteiger partial charge in [-0.2, -0.15) is 5.10 Å². The molecule has 0 spiro atoms. The topological polar surface area (TPSA) is 48.1 Å². The third-order valence-corrected chi connectivity index (χ3v) is 5.68. The summed E-state index contributed by atoms with van der Waals surface area (Å²) in [5.74, 6) is 1.52. The van der Waals surface area contributed by atoms with Crippen molar-refractivity contribution in [1.29, 1.82) is 0 Å². The van der Waals surface area contributed by atoms with Gasteiger partial charge < -0.3 is 9.47 Å². The maximum Gasteiger partial charge on any atom is 0.211 e. The summed E-state index contributed by atoms with van der Waals surface area (Å²) in [6, 6.07) is 11.7. The first-order chi connectivity index (χ1) is 14.6. The number of rotatable bonds is 8. The molecule has 0 unspecified atom stereocenters. The first kappa shape index (κ1) is 21.8. The quantitative estimate of drug-likeness (QED) is 0.422. The Kier molecular flexibility index (Phi) is 7.41. The number of hydrogen-bond acceptors (Lipinski definition) is 5. The predicted octanol–water partition coefficient (Wildman–Crippen LogP) is 5.88. The molecule has 1 heterocycles. The van der Waals surface area contributed by atoms with Gasteiger partial charge in [-0.15, -0.1) is 11.3 Å². The van der Waals surface area contributed by atoms with Crippen molar-refractivity contribution in [1.82, 2.24) is 4.68 Å². The summed E-state index contributed by atoms with van der Waals surface area (Å²) in [7, 11) is 3.27. The van der Waals surface area contributed by atoms with E-state index in [1.54, 1.807) is 26.4 Å². The summed E-state index contributed by atoms with van der Waals surface area (Å²) in [5.41, 5.74) is 2.36. The van der Waals surface area contributed by atoms with E-state index in [0.717, 1.165) is 29.8 Å². The number of hydrogen-bond donors (Lipinski definition) is 0. The van der Waals surface area contributed by atoms with Gasteiger partial charge in [-0.3, -0.25) is 0 Å². The fraction of sp³-hybridized carbons (Fsp3) is 0.304. The van der Waals surface area contributed by atoms with Gasteiger partial charge in [0, 0.05) is 17.2 Å². The third kappa shape index (κ3) is 4.97. The highest BCUT2D eigenvalue weighted by Crippen LogP contribution is 2.34. The fourth-order valence-electron chi connectivity index (χ4n) is 2.98. The van der Waals surface area contributed by atoms with Crippen LogP contribution in [0.2, 0.25) is 0 Å². The summed E-state index contributed by atoms with van der Waals surface area (Å²) in [5, 5.41) is 6.76. The van der Waals surface area contributed by atoms with Gasteiger partial charge in [0.25, 0.3) is 0 Å². The molecule has 0 aliphatic heterocycles. The zero-order chi connectivity index (χ0) is 21.5. The number of methoxy groups -OCH3 is 2. The average Bonchev–Trinajstić information content (AvgIpc) is 3.17. The number of nitrogens with zero attached hydrogens (tertiary/aromatic N) is 3. The second kappa shape index (κ2) is 10.2. The molecule has 0 aliphatic carbocycles. The maximum atomic E-state index is 13.3. The van der Waals surface area contributed by atoms with Crippen LogP contribution in [0, 0.1) is 11.7 Å². The molecule has 0 bridgehead atoms. The molecule has 0 aliphatic rings. The van der Waals surface area contributed by atoms with E-state index in [9.17, 15) is 4.39 Å². The van der Waals surface area contributed by atoms with Crippen LogP contribution in [0.1, 0.15) is 26.7 Å². The van der Waals surface area contributed by atoms with Crippen molar-refractivity contribution in [2.75, 3.05) is 14.2 Å². The minimum Gasteiger partial charge on any atom is -0.497 e. The molecule has 0 saturated carbocycles. The minimum atomic E-state index is -0.290. The van der Waals surface area contributed by atoms with Crippen LogP contribution in [0.4, 0.5) is 10.1 Å². The molecule has 2 aromatic carbocycles. The Morgan fingerprint density at radius 1 is 1.07 bits per heavy atom. The van der Waals surface area contributed by atoms with Crippen LogP contribution >= 0.6 is 11.3 Å². The SMILES string of the molecule is CCC(/C=N/n1c(-c2cc(OC)ccc2OC)csc1=Nc1ccc(F)cc1)CC. The largest absolute Gasteiger partial charge is 0.497 e. The molecule has 158 valence electrons. The van der Waals surface area contributed by atoms with Gasteiger partial charge in [-0.25, -0.2) is 14.1 Å². The van der Waals surface area contributed by atoms with Gasteiger partial charge in [-0.1, -0.05) is 13.8 Å². The van der Waals surface area contributed by atoms with Gasteiger partial charge in [0.05, 0.1) is 25.6 Å². The van der Waals surface area contributed by atoms with Gasteiger partial charge in [-0.05, 0) is 61.2 Å². The average molecular weight is 428 g/mol. The van der Waals surface area contributed by atoms with Crippen molar-refractivity contribution < 1.29 is 13.9 Å². The second-order valence-electron chi connectivity index (χ2n) is 6.71. The number of ether oxygens (including phenoxy) is 2. The van der Waals surface area contributed by atoms with E-state index in [1.807, 2.05) is 34.5 Å². The highest BCUT2D eigenvalue weighted by atomic mass is 32.1. The van der Waals surface area contributed by atoms with E-state index in [1.165, 1.54) is 23.5 Å². The molecule has 7 heteroatoms. The summed E-state index contributed by atoms with van der Waals surface area (Å²) >= 11 is 1.46. The van der Waals surface area contributed by atoms with E-state index in [0.29, 0.717) is 22.2 Å². The Hall–Kier alpha value is -2.93. The van der Waals surface area contributed by atoms with Gasteiger partial charge in [0.15, 0.2) is 0 Å². The summed E-state index contributed by atoms with van der Waals surface area (Å²) in [4.78, 5) is 5.37. The Balaban J connectivity index is 2.19. The lowest BCUT2D eigenvalue weighted by Gasteiger charge is -2.11. The van der Waals surface area contributed by atoms with E-state index in [2.05, 4.69) is 18.8 Å². The zero-order valence-electron chi connectivity index (χ0n) is 17.6. The molecule has 3 rings (SSSR count). The molecule has 0 fully saturated rings. The molecule has 3 aromatic rings. The highest BCUT2D eigenvalue weighted by Gasteiger charge is 2.14. The lowest BCUT2D eigenvalue weighted by atomic mass is 10.1. The highest BCUT2D eigenvalue weighted by molar-refractivity contribution is 7.07. The molecule has 30 heavy (non-hydrogen) atoms. The van der Waals surface area contributed by atoms with Crippen LogP contribution < -0.4 is 14.3 Å². The monoisotopic (exact) mass is 427 g/mol.